The van der Waals surface area contributed by atoms with Crippen molar-refractivity contribution in [1.82, 2.24) is 5.32 Å². The van der Waals surface area contributed by atoms with Gasteiger partial charge in [-0.1, -0.05) is 12.1 Å². The molecule has 2 saturated heterocycles. The Bertz CT molecular complexity index is 381. The molecule has 1 aromatic rings. The van der Waals surface area contributed by atoms with E-state index in [2.05, 4.69) is 5.32 Å². The lowest BCUT2D eigenvalue weighted by molar-refractivity contribution is -0.382. The van der Waals surface area contributed by atoms with Gasteiger partial charge in [-0.25, -0.2) is 0 Å². The Morgan fingerprint density at radius 2 is 1.78 bits per heavy atom. The van der Waals surface area contributed by atoms with Crippen LogP contribution in [0.15, 0.2) is 24.3 Å². The van der Waals surface area contributed by atoms with Crippen molar-refractivity contribution < 1.29 is 14.2 Å². The summed E-state index contributed by atoms with van der Waals surface area (Å²) in [5.41, 5.74) is 1.05. The molecule has 18 heavy (non-hydrogen) atoms. The normalized spacial score (nSPS) is 28.7. The summed E-state index contributed by atoms with van der Waals surface area (Å²) >= 11 is 0. The van der Waals surface area contributed by atoms with Crippen LogP contribution >= 0.6 is 0 Å². The lowest BCUT2D eigenvalue weighted by atomic mass is 10.1. The van der Waals surface area contributed by atoms with Gasteiger partial charge >= 0.3 is 0 Å². The van der Waals surface area contributed by atoms with E-state index in [4.69, 9.17) is 14.2 Å². The van der Waals surface area contributed by atoms with Crippen LogP contribution in [-0.2, 0) is 9.47 Å². The van der Waals surface area contributed by atoms with Gasteiger partial charge in [-0.2, -0.15) is 0 Å². The predicted octanol–water partition coefficient (Wildman–Crippen LogP) is 2.21. The fourth-order valence-corrected chi connectivity index (χ4v) is 2.32. The van der Waals surface area contributed by atoms with Gasteiger partial charge in [0.15, 0.2) is 12.6 Å². The molecule has 0 spiro atoms. The summed E-state index contributed by atoms with van der Waals surface area (Å²) in [5.74, 6) is 0.929. The third-order valence-electron chi connectivity index (χ3n) is 3.37. The van der Waals surface area contributed by atoms with Gasteiger partial charge in [-0.15, -0.1) is 0 Å². The van der Waals surface area contributed by atoms with Crippen molar-refractivity contribution in [2.24, 2.45) is 0 Å². The monoisotopic (exact) mass is 249 g/mol. The van der Waals surface area contributed by atoms with E-state index in [0.717, 1.165) is 37.2 Å². The van der Waals surface area contributed by atoms with E-state index in [1.54, 1.807) is 0 Å². The second kappa shape index (κ2) is 5.26. The molecule has 0 unspecified atom stereocenters. The van der Waals surface area contributed by atoms with Crippen LogP contribution in [0.1, 0.15) is 31.6 Å². The van der Waals surface area contributed by atoms with Gasteiger partial charge in [0.2, 0.25) is 0 Å². The van der Waals surface area contributed by atoms with Gasteiger partial charge in [-0.3, -0.25) is 0 Å². The second-order valence-corrected chi connectivity index (χ2v) is 4.81. The van der Waals surface area contributed by atoms with Gasteiger partial charge in [0.25, 0.3) is 0 Å². The third kappa shape index (κ3) is 2.66. The molecule has 1 aromatic carbocycles. The highest BCUT2D eigenvalue weighted by Gasteiger charge is 2.28. The number of piperidine rings is 1. The highest BCUT2D eigenvalue weighted by atomic mass is 16.9. The fraction of sp³-hybridized carbons (Fsp3) is 0.571. The topological polar surface area (TPSA) is 39.7 Å². The fourth-order valence-electron chi connectivity index (χ4n) is 2.32. The molecule has 0 saturated carbocycles. The molecule has 0 amide bonds. The first kappa shape index (κ1) is 12.0. The van der Waals surface area contributed by atoms with Gasteiger partial charge in [0.05, 0.1) is 0 Å². The predicted molar refractivity (Wildman–Crippen MR) is 67.3 cm³/mol. The summed E-state index contributed by atoms with van der Waals surface area (Å²) < 4.78 is 16.8. The van der Waals surface area contributed by atoms with E-state index in [1.807, 2.05) is 31.2 Å². The Labute approximate surface area is 107 Å². The van der Waals surface area contributed by atoms with Crippen LogP contribution in [0.25, 0.3) is 0 Å². The maximum atomic E-state index is 5.94. The largest absolute Gasteiger partial charge is 0.490 e. The number of ether oxygens (including phenoxy) is 3. The van der Waals surface area contributed by atoms with E-state index >= 15 is 0 Å². The SMILES string of the molecule is CC1OC(c2ccc(OC3CCNCC3)cc2)O1. The number of hydrogen-bond acceptors (Lipinski definition) is 4. The quantitative estimate of drug-likeness (QED) is 0.891. The standard InChI is InChI=1S/C14H19NO3/c1-10-16-14(17-10)11-2-4-12(5-3-11)18-13-6-8-15-9-7-13/h2-5,10,13-15H,6-9H2,1H3. The molecule has 0 atom stereocenters. The van der Waals surface area contributed by atoms with Crippen molar-refractivity contribution in [3.05, 3.63) is 29.8 Å². The number of rotatable bonds is 3. The number of nitrogens with one attached hydrogen (secondary N) is 1. The molecule has 3 rings (SSSR count). The molecule has 4 nitrogen and oxygen atoms in total. The zero-order chi connectivity index (χ0) is 12.4. The Morgan fingerprint density at radius 1 is 1.11 bits per heavy atom. The smallest absolute Gasteiger partial charge is 0.189 e. The summed E-state index contributed by atoms with van der Waals surface area (Å²) in [6, 6.07) is 8.00. The first-order chi connectivity index (χ1) is 8.81. The van der Waals surface area contributed by atoms with E-state index in [-0.39, 0.29) is 12.6 Å². The average molecular weight is 249 g/mol. The lowest BCUT2D eigenvalue weighted by Gasteiger charge is -2.34. The van der Waals surface area contributed by atoms with Gasteiger partial charge in [-0.05, 0) is 45.0 Å². The summed E-state index contributed by atoms with van der Waals surface area (Å²) in [7, 11) is 0. The van der Waals surface area contributed by atoms with Crippen LogP contribution in [0.5, 0.6) is 5.75 Å². The Balaban J connectivity index is 1.57. The molecule has 2 aliphatic heterocycles. The van der Waals surface area contributed by atoms with Crippen molar-refractivity contribution in [1.29, 1.82) is 0 Å². The van der Waals surface area contributed by atoms with Gasteiger partial charge in [0.1, 0.15) is 11.9 Å². The molecule has 2 aliphatic rings. The van der Waals surface area contributed by atoms with Crippen molar-refractivity contribution in [2.45, 2.75) is 38.4 Å². The van der Waals surface area contributed by atoms with Crippen LogP contribution in [0, 0.1) is 0 Å². The van der Waals surface area contributed by atoms with Crippen molar-refractivity contribution in [3.8, 4) is 5.75 Å². The van der Waals surface area contributed by atoms with Crippen LogP contribution in [0.2, 0.25) is 0 Å². The molecular formula is C14H19NO3. The van der Waals surface area contributed by atoms with Gasteiger partial charge < -0.3 is 19.5 Å². The van der Waals surface area contributed by atoms with Crippen molar-refractivity contribution in [2.75, 3.05) is 13.1 Å². The molecule has 2 fully saturated rings. The van der Waals surface area contributed by atoms with Crippen LogP contribution in [0.3, 0.4) is 0 Å². The van der Waals surface area contributed by atoms with E-state index < -0.39 is 0 Å². The maximum Gasteiger partial charge on any atom is 0.189 e. The van der Waals surface area contributed by atoms with Crippen molar-refractivity contribution >= 4 is 0 Å². The molecule has 0 aliphatic carbocycles. The second-order valence-electron chi connectivity index (χ2n) is 4.81. The zero-order valence-corrected chi connectivity index (χ0v) is 10.6. The molecule has 2 heterocycles. The summed E-state index contributed by atoms with van der Waals surface area (Å²) in [6.07, 6.45) is 2.21. The van der Waals surface area contributed by atoms with Crippen LogP contribution < -0.4 is 10.1 Å². The van der Waals surface area contributed by atoms with Crippen LogP contribution in [0.4, 0.5) is 0 Å². The maximum absolute atomic E-state index is 5.94. The zero-order valence-electron chi connectivity index (χ0n) is 10.6. The highest BCUT2D eigenvalue weighted by molar-refractivity contribution is 5.28. The van der Waals surface area contributed by atoms with Gasteiger partial charge in [0, 0.05) is 5.56 Å². The highest BCUT2D eigenvalue weighted by Crippen LogP contribution is 2.32. The third-order valence-corrected chi connectivity index (χ3v) is 3.37. The molecule has 98 valence electrons. The molecule has 0 bridgehead atoms. The molecule has 0 radical (unpaired) electrons. The number of hydrogen-bond donors (Lipinski definition) is 1. The Hall–Kier alpha value is -1.10. The Kier molecular flexibility index (Phi) is 3.50. The molecule has 1 N–H and O–H groups in total. The van der Waals surface area contributed by atoms with E-state index in [0.29, 0.717) is 6.10 Å². The first-order valence-corrected chi connectivity index (χ1v) is 6.59. The summed E-state index contributed by atoms with van der Waals surface area (Å²) in [4.78, 5) is 0. The Morgan fingerprint density at radius 3 is 2.39 bits per heavy atom. The minimum atomic E-state index is -0.201. The molecule has 4 heteroatoms. The van der Waals surface area contributed by atoms with Crippen molar-refractivity contribution in [3.63, 3.8) is 0 Å². The van der Waals surface area contributed by atoms with Crippen LogP contribution in [-0.4, -0.2) is 25.5 Å². The number of benzene rings is 1. The molecular weight excluding hydrogens is 230 g/mol. The average Bonchev–Trinajstić information content (AvgIpc) is 2.38. The minimum Gasteiger partial charge on any atom is -0.490 e. The summed E-state index contributed by atoms with van der Waals surface area (Å²) in [6.45, 7) is 3.99. The first-order valence-electron chi connectivity index (χ1n) is 6.59. The molecule has 0 aromatic heterocycles. The summed E-state index contributed by atoms with van der Waals surface area (Å²) in [5, 5.41) is 3.33. The van der Waals surface area contributed by atoms with E-state index in [9.17, 15) is 0 Å². The lowest BCUT2D eigenvalue weighted by Crippen LogP contribution is -2.34. The van der Waals surface area contributed by atoms with E-state index in [1.165, 1.54) is 0 Å². The minimum absolute atomic E-state index is 0.0827.